The lowest BCUT2D eigenvalue weighted by Gasteiger charge is -2.17. The lowest BCUT2D eigenvalue weighted by Crippen LogP contribution is -2.27. The van der Waals surface area contributed by atoms with Gasteiger partial charge in [-0.15, -0.1) is 0 Å². The normalized spacial score (nSPS) is 13.0. The molecule has 0 saturated carbocycles. The molecule has 0 spiro atoms. The van der Waals surface area contributed by atoms with E-state index in [1.807, 2.05) is 18.2 Å². The number of benzene rings is 1. The highest BCUT2D eigenvalue weighted by atomic mass is 16.5. The van der Waals surface area contributed by atoms with Gasteiger partial charge in [-0.25, -0.2) is 0 Å². The minimum Gasteiger partial charge on any atom is -0.497 e. The Labute approximate surface area is 169 Å². The number of aromatic nitrogens is 4. The van der Waals surface area contributed by atoms with Gasteiger partial charge in [0.2, 0.25) is 0 Å². The van der Waals surface area contributed by atoms with Crippen molar-refractivity contribution in [1.29, 1.82) is 0 Å². The average molecular weight is 395 g/mol. The molecule has 0 aliphatic heterocycles. The molecule has 4 rings (SSSR count). The number of aryl methyl sites for hydroxylation is 1. The third kappa shape index (κ3) is 4.26. The highest BCUT2D eigenvalue weighted by Gasteiger charge is 2.21. The largest absolute Gasteiger partial charge is 0.497 e. The van der Waals surface area contributed by atoms with E-state index in [2.05, 4.69) is 20.4 Å². The molecule has 2 heterocycles. The van der Waals surface area contributed by atoms with Crippen molar-refractivity contribution in [2.24, 2.45) is 0 Å². The van der Waals surface area contributed by atoms with Crippen LogP contribution in [-0.4, -0.2) is 45.4 Å². The fraction of sp³-hybridized carbons (Fsp3) is 0.381. The number of H-pyrrole nitrogens is 2. The Bertz CT molecular complexity index is 994. The minimum absolute atomic E-state index is 0.151. The Morgan fingerprint density at radius 2 is 1.97 bits per heavy atom. The van der Waals surface area contributed by atoms with E-state index in [1.165, 1.54) is 24.1 Å². The number of carbonyl (C=O) groups is 1. The van der Waals surface area contributed by atoms with Gasteiger partial charge >= 0.3 is 0 Å². The minimum atomic E-state index is -0.151. The highest BCUT2D eigenvalue weighted by Crippen LogP contribution is 2.23. The molecule has 2 aromatic heterocycles. The summed E-state index contributed by atoms with van der Waals surface area (Å²) in [6.45, 7) is 0.747. The number of amides is 1. The average Bonchev–Trinajstić information content (AvgIpc) is 3.39. The topological polar surface area (TPSA) is 96.1 Å². The number of fused-ring (bicyclic) bond motifs is 1. The molecule has 0 atom stereocenters. The first kappa shape index (κ1) is 19.0. The van der Waals surface area contributed by atoms with Gasteiger partial charge in [0.25, 0.3) is 5.91 Å². The summed E-state index contributed by atoms with van der Waals surface area (Å²) in [5.74, 6) is 1.26. The molecule has 1 aromatic carbocycles. The number of hydrogen-bond donors (Lipinski definition) is 2. The standard InChI is InChI=1S/C21H25N5O3/c1-26(12-20-17-8-3-4-9-18(17)23-25-20)21(27)19-10-14(22-24-19)13-29-16-7-5-6-15(11-16)28-2/h5-7,10-11H,3-4,8-9,12-13H2,1-2H3,(H,22,24)(H,23,25). The summed E-state index contributed by atoms with van der Waals surface area (Å²) < 4.78 is 10.9. The summed E-state index contributed by atoms with van der Waals surface area (Å²) in [5, 5.41) is 14.6. The summed E-state index contributed by atoms with van der Waals surface area (Å²) in [7, 11) is 3.38. The van der Waals surface area contributed by atoms with Crippen LogP contribution in [0.4, 0.5) is 0 Å². The molecule has 1 aliphatic rings. The van der Waals surface area contributed by atoms with Crippen LogP contribution in [0.3, 0.4) is 0 Å². The zero-order valence-electron chi connectivity index (χ0n) is 16.7. The predicted molar refractivity (Wildman–Crippen MR) is 107 cm³/mol. The van der Waals surface area contributed by atoms with E-state index in [9.17, 15) is 4.79 Å². The number of rotatable bonds is 7. The molecule has 0 unspecified atom stereocenters. The second-order valence-corrected chi connectivity index (χ2v) is 7.24. The molecule has 0 saturated heterocycles. The predicted octanol–water partition coefficient (Wildman–Crippen LogP) is 2.87. The van der Waals surface area contributed by atoms with E-state index < -0.39 is 0 Å². The Morgan fingerprint density at radius 1 is 1.14 bits per heavy atom. The molecule has 152 valence electrons. The van der Waals surface area contributed by atoms with E-state index in [1.54, 1.807) is 31.2 Å². The van der Waals surface area contributed by atoms with Gasteiger partial charge in [-0.2, -0.15) is 10.2 Å². The Hall–Kier alpha value is -3.29. The lowest BCUT2D eigenvalue weighted by atomic mass is 9.96. The summed E-state index contributed by atoms with van der Waals surface area (Å²) >= 11 is 0. The first-order chi connectivity index (χ1) is 14.1. The highest BCUT2D eigenvalue weighted by molar-refractivity contribution is 5.92. The first-order valence-electron chi connectivity index (χ1n) is 9.75. The van der Waals surface area contributed by atoms with Gasteiger partial charge < -0.3 is 14.4 Å². The number of ether oxygens (including phenoxy) is 2. The van der Waals surface area contributed by atoms with E-state index in [4.69, 9.17) is 9.47 Å². The SMILES string of the molecule is COc1cccc(OCc2cc(C(=O)N(C)Cc3n[nH]c4c3CCCC4)n[nH]2)c1. The van der Waals surface area contributed by atoms with E-state index in [0.29, 0.717) is 18.0 Å². The summed E-state index contributed by atoms with van der Waals surface area (Å²) in [6, 6.07) is 9.09. The quantitative estimate of drug-likeness (QED) is 0.641. The van der Waals surface area contributed by atoms with Gasteiger partial charge in [0.05, 0.1) is 25.0 Å². The third-order valence-corrected chi connectivity index (χ3v) is 5.16. The summed E-state index contributed by atoms with van der Waals surface area (Å²) in [4.78, 5) is 14.4. The number of methoxy groups -OCH3 is 1. The molecule has 0 fully saturated rings. The zero-order valence-corrected chi connectivity index (χ0v) is 16.7. The van der Waals surface area contributed by atoms with Crippen molar-refractivity contribution in [3.63, 3.8) is 0 Å². The maximum Gasteiger partial charge on any atom is 0.274 e. The van der Waals surface area contributed by atoms with Crippen LogP contribution in [0.2, 0.25) is 0 Å². The molecule has 3 aromatic rings. The van der Waals surface area contributed by atoms with E-state index in [-0.39, 0.29) is 12.5 Å². The molecular weight excluding hydrogens is 370 g/mol. The number of carbonyl (C=O) groups excluding carboxylic acids is 1. The lowest BCUT2D eigenvalue weighted by molar-refractivity contribution is 0.0777. The monoisotopic (exact) mass is 395 g/mol. The maximum atomic E-state index is 12.8. The fourth-order valence-corrected chi connectivity index (χ4v) is 3.57. The maximum absolute atomic E-state index is 12.8. The molecule has 8 nitrogen and oxygen atoms in total. The van der Waals surface area contributed by atoms with Crippen molar-refractivity contribution in [2.45, 2.75) is 38.8 Å². The van der Waals surface area contributed by atoms with E-state index >= 15 is 0 Å². The fourth-order valence-electron chi connectivity index (χ4n) is 3.57. The smallest absolute Gasteiger partial charge is 0.274 e. The molecule has 1 aliphatic carbocycles. The van der Waals surface area contributed by atoms with Crippen molar-refractivity contribution >= 4 is 5.91 Å². The van der Waals surface area contributed by atoms with E-state index in [0.717, 1.165) is 30.0 Å². The van der Waals surface area contributed by atoms with Crippen LogP contribution in [0.1, 0.15) is 46.0 Å². The molecule has 0 bridgehead atoms. The van der Waals surface area contributed by atoms with Gasteiger partial charge in [-0.3, -0.25) is 15.0 Å². The van der Waals surface area contributed by atoms with Gasteiger partial charge in [0.1, 0.15) is 18.1 Å². The van der Waals surface area contributed by atoms with Crippen molar-refractivity contribution in [2.75, 3.05) is 14.2 Å². The number of hydrogen-bond acceptors (Lipinski definition) is 5. The Balaban J connectivity index is 1.36. The first-order valence-corrected chi connectivity index (χ1v) is 9.75. The molecule has 29 heavy (non-hydrogen) atoms. The van der Waals surface area contributed by atoms with Crippen molar-refractivity contribution in [3.05, 3.63) is 58.7 Å². The zero-order chi connectivity index (χ0) is 20.2. The van der Waals surface area contributed by atoms with Gasteiger partial charge in [-0.05, 0) is 49.4 Å². The second-order valence-electron chi connectivity index (χ2n) is 7.24. The van der Waals surface area contributed by atoms with Crippen LogP contribution in [-0.2, 0) is 26.0 Å². The van der Waals surface area contributed by atoms with Crippen LogP contribution in [0.25, 0.3) is 0 Å². The van der Waals surface area contributed by atoms with Crippen LogP contribution < -0.4 is 9.47 Å². The second kappa shape index (κ2) is 8.38. The summed E-state index contributed by atoms with van der Waals surface area (Å²) in [5.41, 5.74) is 4.52. The molecule has 2 N–H and O–H groups in total. The molecular formula is C21H25N5O3. The Kier molecular flexibility index (Phi) is 5.50. The number of nitrogens with zero attached hydrogens (tertiary/aromatic N) is 3. The van der Waals surface area contributed by atoms with Crippen molar-refractivity contribution in [1.82, 2.24) is 25.3 Å². The number of aromatic amines is 2. The molecule has 0 radical (unpaired) electrons. The van der Waals surface area contributed by atoms with Crippen molar-refractivity contribution < 1.29 is 14.3 Å². The van der Waals surface area contributed by atoms with Gasteiger partial charge in [-0.1, -0.05) is 6.07 Å². The van der Waals surface area contributed by atoms with Crippen LogP contribution in [0.5, 0.6) is 11.5 Å². The van der Waals surface area contributed by atoms with Gasteiger partial charge in [0, 0.05) is 18.8 Å². The molecule has 1 amide bonds. The van der Waals surface area contributed by atoms with Gasteiger partial charge in [0.15, 0.2) is 5.69 Å². The van der Waals surface area contributed by atoms with Crippen LogP contribution in [0, 0.1) is 0 Å². The Morgan fingerprint density at radius 3 is 2.83 bits per heavy atom. The third-order valence-electron chi connectivity index (χ3n) is 5.16. The van der Waals surface area contributed by atoms with Crippen LogP contribution in [0.15, 0.2) is 30.3 Å². The van der Waals surface area contributed by atoms with Crippen LogP contribution >= 0.6 is 0 Å². The summed E-state index contributed by atoms with van der Waals surface area (Å²) in [6.07, 6.45) is 4.43. The van der Waals surface area contributed by atoms with Crippen molar-refractivity contribution in [3.8, 4) is 11.5 Å². The molecule has 8 heteroatoms. The number of nitrogens with one attached hydrogen (secondary N) is 2.